The van der Waals surface area contributed by atoms with Crippen LogP contribution in [0.25, 0.3) is 0 Å². The highest BCUT2D eigenvalue weighted by Crippen LogP contribution is 2.23. The average molecular weight is 394 g/mol. The molecule has 150 valence electrons. The topological polar surface area (TPSA) is 88.9 Å². The molecule has 0 aromatic heterocycles. The van der Waals surface area contributed by atoms with E-state index >= 15 is 0 Å². The van der Waals surface area contributed by atoms with Gasteiger partial charge in [0.2, 0.25) is 6.10 Å². The fraction of sp³-hybridized carbons (Fsp3) is 0.318. The van der Waals surface area contributed by atoms with Crippen molar-refractivity contribution in [3.05, 3.63) is 65.7 Å². The van der Waals surface area contributed by atoms with Crippen molar-refractivity contribution in [1.82, 2.24) is 4.90 Å². The fourth-order valence-corrected chi connectivity index (χ4v) is 2.91. The third-order valence-corrected chi connectivity index (χ3v) is 4.51. The van der Waals surface area contributed by atoms with Crippen LogP contribution in [0.4, 0.5) is 0 Å². The first-order valence-electron chi connectivity index (χ1n) is 9.37. The van der Waals surface area contributed by atoms with Gasteiger partial charge in [-0.3, -0.25) is 4.79 Å². The summed E-state index contributed by atoms with van der Waals surface area (Å²) in [6, 6.07) is 17.4. The minimum atomic E-state index is -1.05. The predicted molar refractivity (Wildman–Crippen MR) is 104 cm³/mol. The second-order valence-corrected chi connectivity index (χ2v) is 6.56. The molecule has 0 saturated carbocycles. The Kier molecular flexibility index (Phi) is 6.82. The minimum absolute atomic E-state index is 0.279. The lowest BCUT2D eigenvalue weighted by molar-refractivity contribution is -0.167. The van der Waals surface area contributed by atoms with Crippen molar-refractivity contribution in [2.24, 2.45) is 0 Å². The van der Waals surface area contributed by atoms with E-state index in [0.717, 1.165) is 0 Å². The smallest absolute Gasteiger partial charge is 0.348 e. The van der Waals surface area contributed by atoms with Crippen molar-refractivity contribution < 1.29 is 23.8 Å². The van der Waals surface area contributed by atoms with Gasteiger partial charge in [0.05, 0.1) is 24.8 Å². The predicted octanol–water partition coefficient (Wildman–Crippen LogP) is 2.47. The van der Waals surface area contributed by atoms with E-state index < -0.39 is 18.2 Å². The van der Waals surface area contributed by atoms with Crippen molar-refractivity contribution >= 4 is 11.9 Å². The minimum Gasteiger partial charge on any atom is -0.479 e. The van der Waals surface area contributed by atoms with Crippen LogP contribution in [0.5, 0.6) is 5.75 Å². The van der Waals surface area contributed by atoms with Crippen molar-refractivity contribution in [3.8, 4) is 11.8 Å². The number of hydrogen-bond acceptors (Lipinski definition) is 6. The molecule has 0 bridgehead atoms. The Morgan fingerprint density at radius 2 is 1.72 bits per heavy atom. The van der Waals surface area contributed by atoms with Gasteiger partial charge in [0.25, 0.3) is 5.91 Å². The third kappa shape index (κ3) is 5.33. The number of ether oxygens (including phenoxy) is 3. The Bertz CT molecular complexity index is 870. The molecule has 7 nitrogen and oxygen atoms in total. The zero-order valence-corrected chi connectivity index (χ0v) is 16.1. The summed E-state index contributed by atoms with van der Waals surface area (Å²) in [6.45, 7) is 3.38. The van der Waals surface area contributed by atoms with Crippen molar-refractivity contribution in [1.29, 1.82) is 5.26 Å². The Morgan fingerprint density at radius 3 is 2.34 bits per heavy atom. The molecule has 0 spiro atoms. The lowest BCUT2D eigenvalue weighted by Gasteiger charge is -2.30. The molecule has 3 rings (SSSR count). The number of carbonyl (C=O) groups is 2. The number of nitriles is 1. The molecule has 1 heterocycles. The molecule has 0 radical (unpaired) electrons. The molecule has 2 atom stereocenters. The first-order valence-corrected chi connectivity index (χ1v) is 9.37. The van der Waals surface area contributed by atoms with Crippen LogP contribution in [0.2, 0.25) is 0 Å². The quantitative estimate of drug-likeness (QED) is 0.700. The molecule has 1 fully saturated rings. The maximum atomic E-state index is 13.0. The number of rotatable bonds is 6. The second-order valence-electron chi connectivity index (χ2n) is 6.56. The summed E-state index contributed by atoms with van der Waals surface area (Å²) in [4.78, 5) is 27.3. The summed E-state index contributed by atoms with van der Waals surface area (Å²) >= 11 is 0. The van der Waals surface area contributed by atoms with Crippen LogP contribution < -0.4 is 4.74 Å². The first kappa shape index (κ1) is 20.4. The van der Waals surface area contributed by atoms with Crippen LogP contribution in [-0.2, 0) is 19.1 Å². The SMILES string of the molecule is C[C@@H](Oc1ccc(C#N)cc1)C(=O)O[C@@H](C(=O)N1CCOCC1)c1ccccc1. The molecule has 0 unspecified atom stereocenters. The van der Waals surface area contributed by atoms with Crippen LogP contribution in [0.3, 0.4) is 0 Å². The van der Waals surface area contributed by atoms with Gasteiger partial charge in [0.1, 0.15) is 5.75 Å². The Labute approximate surface area is 169 Å². The van der Waals surface area contributed by atoms with E-state index in [0.29, 0.717) is 43.2 Å². The number of amides is 1. The lowest BCUT2D eigenvalue weighted by Crippen LogP contribution is -2.44. The van der Waals surface area contributed by atoms with Gasteiger partial charge in [-0.2, -0.15) is 5.26 Å². The van der Waals surface area contributed by atoms with Crippen LogP contribution in [0, 0.1) is 11.3 Å². The van der Waals surface area contributed by atoms with Gasteiger partial charge >= 0.3 is 5.97 Å². The summed E-state index contributed by atoms with van der Waals surface area (Å²) in [6.07, 6.45) is -1.97. The average Bonchev–Trinajstić information content (AvgIpc) is 2.78. The van der Waals surface area contributed by atoms with Crippen LogP contribution in [0.1, 0.15) is 24.2 Å². The molecule has 1 saturated heterocycles. The monoisotopic (exact) mass is 394 g/mol. The normalized spacial score (nSPS) is 15.7. The molecule has 2 aromatic rings. The van der Waals surface area contributed by atoms with E-state index in [-0.39, 0.29) is 5.91 Å². The molecule has 0 aliphatic carbocycles. The van der Waals surface area contributed by atoms with Gasteiger partial charge < -0.3 is 19.1 Å². The standard InChI is InChI=1S/C22H22N2O5/c1-16(28-19-9-7-17(15-23)8-10-19)22(26)29-20(18-5-3-2-4-6-18)21(25)24-11-13-27-14-12-24/h2-10,16,20H,11-14H2,1H3/t16-,20-/m1/s1. The third-order valence-electron chi connectivity index (χ3n) is 4.51. The first-order chi connectivity index (χ1) is 14.1. The largest absolute Gasteiger partial charge is 0.479 e. The van der Waals surface area contributed by atoms with Gasteiger partial charge in [-0.15, -0.1) is 0 Å². The van der Waals surface area contributed by atoms with Gasteiger partial charge in [0, 0.05) is 18.7 Å². The van der Waals surface area contributed by atoms with E-state index in [1.54, 1.807) is 60.4 Å². The van der Waals surface area contributed by atoms with E-state index in [1.807, 2.05) is 12.1 Å². The summed E-state index contributed by atoms with van der Waals surface area (Å²) in [7, 11) is 0. The highest BCUT2D eigenvalue weighted by atomic mass is 16.6. The van der Waals surface area contributed by atoms with Crippen molar-refractivity contribution in [3.63, 3.8) is 0 Å². The summed E-state index contributed by atoms with van der Waals surface area (Å²) in [5.41, 5.74) is 1.09. The van der Waals surface area contributed by atoms with E-state index in [9.17, 15) is 9.59 Å². The Hall–Kier alpha value is -3.37. The van der Waals surface area contributed by atoms with Crippen LogP contribution in [-0.4, -0.2) is 49.2 Å². The fourth-order valence-electron chi connectivity index (χ4n) is 2.91. The zero-order valence-electron chi connectivity index (χ0n) is 16.1. The van der Waals surface area contributed by atoms with Gasteiger partial charge in [0.15, 0.2) is 6.10 Å². The highest BCUT2D eigenvalue weighted by Gasteiger charge is 2.32. The number of benzene rings is 2. The van der Waals surface area contributed by atoms with Crippen molar-refractivity contribution in [2.45, 2.75) is 19.1 Å². The molecular formula is C22H22N2O5. The van der Waals surface area contributed by atoms with Gasteiger partial charge in [-0.1, -0.05) is 30.3 Å². The number of nitrogens with zero attached hydrogens (tertiary/aromatic N) is 2. The van der Waals surface area contributed by atoms with E-state index in [4.69, 9.17) is 19.5 Å². The molecule has 1 aliphatic rings. The molecule has 0 N–H and O–H groups in total. The number of morpholine rings is 1. The van der Waals surface area contributed by atoms with Crippen molar-refractivity contribution in [2.75, 3.05) is 26.3 Å². The molecule has 2 aromatic carbocycles. The van der Waals surface area contributed by atoms with Crippen LogP contribution in [0.15, 0.2) is 54.6 Å². The maximum Gasteiger partial charge on any atom is 0.348 e. The zero-order chi connectivity index (χ0) is 20.6. The molecule has 29 heavy (non-hydrogen) atoms. The molecule has 1 amide bonds. The number of hydrogen-bond donors (Lipinski definition) is 0. The second kappa shape index (κ2) is 9.71. The van der Waals surface area contributed by atoms with E-state index in [2.05, 4.69) is 0 Å². The summed E-state index contributed by atoms with van der Waals surface area (Å²) in [5, 5.41) is 8.86. The van der Waals surface area contributed by atoms with E-state index in [1.165, 1.54) is 0 Å². The number of carbonyl (C=O) groups excluding carboxylic acids is 2. The highest BCUT2D eigenvalue weighted by molar-refractivity contribution is 5.86. The molecular weight excluding hydrogens is 372 g/mol. The van der Waals surface area contributed by atoms with Gasteiger partial charge in [-0.25, -0.2) is 4.79 Å². The lowest BCUT2D eigenvalue weighted by atomic mass is 10.1. The maximum absolute atomic E-state index is 13.0. The molecule has 7 heteroatoms. The van der Waals surface area contributed by atoms with Crippen LogP contribution >= 0.6 is 0 Å². The summed E-state index contributed by atoms with van der Waals surface area (Å²) in [5.74, 6) is -0.493. The summed E-state index contributed by atoms with van der Waals surface area (Å²) < 4.78 is 16.5. The number of esters is 1. The Balaban J connectivity index is 1.71. The Morgan fingerprint density at radius 1 is 1.07 bits per heavy atom. The molecule has 1 aliphatic heterocycles. The van der Waals surface area contributed by atoms with Gasteiger partial charge in [-0.05, 0) is 31.2 Å².